The lowest BCUT2D eigenvalue weighted by atomic mass is 10.1. The van der Waals surface area contributed by atoms with E-state index in [1.807, 2.05) is 0 Å². The monoisotopic (exact) mass is 290 g/mol. The van der Waals surface area contributed by atoms with E-state index in [2.05, 4.69) is 0 Å². The second kappa shape index (κ2) is 6.31. The van der Waals surface area contributed by atoms with Gasteiger partial charge in [-0.05, 0) is 18.2 Å². The molecule has 0 aromatic heterocycles. The molecule has 1 rings (SSSR count). The van der Waals surface area contributed by atoms with Crippen LogP contribution in [-0.4, -0.2) is 29.0 Å². The molecule has 20 heavy (non-hydrogen) atoms. The van der Waals surface area contributed by atoms with Gasteiger partial charge in [0, 0.05) is 5.56 Å². The van der Waals surface area contributed by atoms with Gasteiger partial charge in [0.25, 0.3) is 0 Å². The number of rotatable bonds is 6. The van der Waals surface area contributed by atoms with Crippen LogP contribution < -0.4 is 0 Å². The molecule has 0 saturated heterocycles. The van der Waals surface area contributed by atoms with Gasteiger partial charge in [0.05, 0.1) is 6.42 Å². The molecule has 0 aliphatic heterocycles. The summed E-state index contributed by atoms with van der Waals surface area (Å²) >= 11 is 0. The molecule has 108 valence electrons. The van der Waals surface area contributed by atoms with Crippen LogP contribution >= 0.6 is 0 Å². The smallest absolute Gasteiger partial charge is 0.364 e. The van der Waals surface area contributed by atoms with Crippen LogP contribution in [0.25, 0.3) is 6.08 Å². The zero-order valence-corrected chi connectivity index (χ0v) is 10.0. The highest BCUT2D eigenvalue weighted by Crippen LogP contribution is 2.25. The number of alkyl halides is 4. The van der Waals surface area contributed by atoms with E-state index < -0.39 is 30.3 Å². The van der Waals surface area contributed by atoms with Crippen LogP contribution in [0.5, 0.6) is 5.75 Å². The normalized spacial score (nSPS) is 12.1. The van der Waals surface area contributed by atoms with Gasteiger partial charge in [-0.25, -0.2) is 8.78 Å². The van der Waals surface area contributed by atoms with Gasteiger partial charge in [-0.2, -0.15) is 8.78 Å². The molecular weight excluding hydrogens is 280 g/mol. The van der Waals surface area contributed by atoms with Gasteiger partial charge in [-0.15, -0.1) is 0 Å². The number of ketones is 2. The molecule has 0 amide bonds. The van der Waals surface area contributed by atoms with Gasteiger partial charge >= 0.3 is 12.3 Å². The molecular formula is C13H10F4O3. The molecule has 0 aliphatic rings. The van der Waals surface area contributed by atoms with Crippen molar-refractivity contribution in [2.45, 2.75) is 18.8 Å². The maximum atomic E-state index is 12.6. The number of benzene rings is 1. The average Bonchev–Trinajstić information content (AvgIpc) is 2.37. The summed E-state index contributed by atoms with van der Waals surface area (Å²) in [6.07, 6.45) is -3.61. The van der Waals surface area contributed by atoms with Gasteiger partial charge in [0.2, 0.25) is 5.78 Å². The van der Waals surface area contributed by atoms with E-state index in [4.69, 9.17) is 0 Å². The summed E-state index contributed by atoms with van der Waals surface area (Å²) in [7, 11) is 0. The highest BCUT2D eigenvalue weighted by molar-refractivity contribution is 6.08. The van der Waals surface area contributed by atoms with Gasteiger partial charge in [-0.1, -0.05) is 18.2 Å². The number of phenolic OH excluding ortho intramolecular Hbond substituents is 1. The van der Waals surface area contributed by atoms with Crippen molar-refractivity contribution in [3.63, 3.8) is 0 Å². The summed E-state index contributed by atoms with van der Waals surface area (Å²) in [5.41, 5.74) is 0.230. The van der Waals surface area contributed by atoms with E-state index >= 15 is 0 Å². The van der Waals surface area contributed by atoms with E-state index in [0.29, 0.717) is 0 Å². The van der Waals surface area contributed by atoms with E-state index in [0.717, 1.165) is 12.2 Å². The zero-order valence-electron chi connectivity index (χ0n) is 10.0. The van der Waals surface area contributed by atoms with Crippen molar-refractivity contribution in [3.8, 4) is 5.75 Å². The molecule has 1 aromatic carbocycles. The fraction of sp³-hybridized carbons (Fsp3) is 0.231. The van der Waals surface area contributed by atoms with Crippen molar-refractivity contribution >= 4 is 17.6 Å². The number of carbonyl (C=O) groups excluding carboxylic acids is 2. The third-order valence-electron chi connectivity index (χ3n) is 2.37. The van der Waals surface area contributed by atoms with Crippen LogP contribution in [0.1, 0.15) is 12.0 Å². The first-order valence-corrected chi connectivity index (χ1v) is 5.43. The Hall–Kier alpha value is -2.18. The van der Waals surface area contributed by atoms with Gasteiger partial charge in [-0.3, -0.25) is 9.59 Å². The van der Waals surface area contributed by atoms with E-state index in [9.17, 15) is 32.3 Å². The van der Waals surface area contributed by atoms with Crippen LogP contribution in [0.3, 0.4) is 0 Å². The summed E-state index contributed by atoms with van der Waals surface area (Å²) < 4.78 is 49.0. The largest absolute Gasteiger partial charge is 0.507 e. The molecule has 0 fully saturated rings. The lowest BCUT2D eigenvalue weighted by Crippen LogP contribution is -2.37. The summed E-state index contributed by atoms with van der Waals surface area (Å²) in [6, 6.07) is 5.86. The number of Topliss-reactive ketones (excluding diaryl/α,β-unsaturated/α-hetero) is 1. The Kier molecular flexibility index (Phi) is 5.01. The predicted octanol–water partition coefficient (Wildman–Crippen LogP) is 2.83. The van der Waals surface area contributed by atoms with Gasteiger partial charge in [0.15, 0.2) is 5.78 Å². The highest BCUT2D eigenvalue weighted by Gasteiger charge is 2.48. The molecule has 3 nitrogen and oxygen atoms in total. The third-order valence-corrected chi connectivity index (χ3v) is 2.37. The Morgan fingerprint density at radius 1 is 1.25 bits per heavy atom. The van der Waals surface area contributed by atoms with Crippen LogP contribution in [-0.2, 0) is 9.59 Å². The maximum absolute atomic E-state index is 12.6. The van der Waals surface area contributed by atoms with Crippen molar-refractivity contribution in [1.29, 1.82) is 0 Å². The molecule has 0 radical (unpaired) electrons. The number of aromatic hydroxyl groups is 1. The van der Waals surface area contributed by atoms with Crippen LogP contribution in [0.2, 0.25) is 0 Å². The first kappa shape index (κ1) is 15.9. The number of carbonyl (C=O) groups is 2. The lowest BCUT2D eigenvalue weighted by molar-refractivity contribution is -0.167. The first-order valence-electron chi connectivity index (χ1n) is 5.43. The van der Waals surface area contributed by atoms with Crippen molar-refractivity contribution in [1.82, 2.24) is 0 Å². The van der Waals surface area contributed by atoms with Gasteiger partial charge in [0.1, 0.15) is 5.75 Å². The van der Waals surface area contributed by atoms with Crippen molar-refractivity contribution in [2.75, 3.05) is 0 Å². The van der Waals surface area contributed by atoms with E-state index in [-0.39, 0.29) is 11.3 Å². The minimum Gasteiger partial charge on any atom is -0.507 e. The number of hydrogen-bond acceptors (Lipinski definition) is 3. The molecule has 0 aliphatic carbocycles. The van der Waals surface area contributed by atoms with Crippen LogP contribution in [0.15, 0.2) is 30.3 Å². The molecule has 0 saturated carbocycles. The second-order valence-corrected chi connectivity index (χ2v) is 3.88. The van der Waals surface area contributed by atoms with Crippen molar-refractivity contribution in [2.24, 2.45) is 0 Å². The van der Waals surface area contributed by atoms with Crippen molar-refractivity contribution in [3.05, 3.63) is 35.9 Å². The number of phenols is 1. The molecule has 0 spiro atoms. The van der Waals surface area contributed by atoms with E-state index in [1.165, 1.54) is 18.2 Å². The number of allylic oxidation sites excluding steroid dienone is 1. The standard InChI is InChI=1S/C13H10F4O3/c14-12(15)13(16,17)11(20)7-9(18)6-5-8-3-1-2-4-10(8)19/h1-6,12,19H,7H2. The average molecular weight is 290 g/mol. The maximum Gasteiger partial charge on any atom is 0.364 e. The molecule has 0 bridgehead atoms. The Bertz CT molecular complexity index is 538. The topological polar surface area (TPSA) is 54.4 Å². The summed E-state index contributed by atoms with van der Waals surface area (Å²) in [4.78, 5) is 22.1. The molecule has 7 heteroatoms. The minimum atomic E-state index is -4.83. The first-order chi connectivity index (χ1) is 9.25. The fourth-order valence-electron chi connectivity index (χ4n) is 1.27. The Morgan fingerprint density at radius 3 is 2.40 bits per heavy atom. The lowest BCUT2D eigenvalue weighted by Gasteiger charge is -2.12. The summed E-state index contributed by atoms with van der Waals surface area (Å²) in [5, 5.41) is 9.36. The second-order valence-electron chi connectivity index (χ2n) is 3.88. The molecule has 0 heterocycles. The summed E-state index contributed by atoms with van der Waals surface area (Å²) in [5.74, 6) is -8.18. The number of para-hydroxylation sites is 1. The zero-order chi connectivity index (χ0) is 15.3. The third kappa shape index (κ3) is 3.91. The van der Waals surface area contributed by atoms with Crippen LogP contribution in [0.4, 0.5) is 17.6 Å². The Balaban J connectivity index is 2.70. The van der Waals surface area contributed by atoms with E-state index in [1.54, 1.807) is 6.07 Å². The van der Waals surface area contributed by atoms with Crippen LogP contribution in [0, 0.1) is 0 Å². The molecule has 0 atom stereocenters. The highest BCUT2D eigenvalue weighted by atomic mass is 19.3. The van der Waals surface area contributed by atoms with Crippen molar-refractivity contribution < 1.29 is 32.3 Å². The number of hydrogen-bond donors (Lipinski definition) is 1. The van der Waals surface area contributed by atoms with Gasteiger partial charge < -0.3 is 5.11 Å². The number of halogens is 4. The predicted molar refractivity (Wildman–Crippen MR) is 62.7 cm³/mol. The molecule has 0 unspecified atom stereocenters. The molecule has 1 aromatic rings. The minimum absolute atomic E-state index is 0.152. The SMILES string of the molecule is O=C(C=Cc1ccccc1O)CC(=O)C(F)(F)C(F)F. The Morgan fingerprint density at radius 2 is 1.85 bits per heavy atom. The molecule has 1 N–H and O–H groups in total. The quantitative estimate of drug-likeness (QED) is 0.498. The fourth-order valence-corrected chi connectivity index (χ4v) is 1.27. The summed E-state index contributed by atoms with van der Waals surface area (Å²) in [6.45, 7) is 0. The Labute approximate surface area is 111 Å².